The van der Waals surface area contributed by atoms with Crippen LogP contribution in [-0.2, 0) is 6.18 Å². The lowest BCUT2D eigenvalue weighted by Gasteiger charge is -2.12. The molecule has 0 N–H and O–H groups in total. The average molecular weight is 413 g/mol. The standard InChI is InChI=1S/C25H14F3N3/c26-25(27,28)18-5-7-22-21-3-1-2-4-23(21)31(24(22)14-18)19-6-8-20(17(13-19)15-29)16-9-11-30-12-10-16/h1-14H. The SMILES string of the molecule is N#Cc1cc(-n2c3ccccc3c3ccc(C(F)(F)F)cc32)ccc1-c1ccncc1. The van der Waals surface area contributed by atoms with Gasteiger partial charge in [-0.1, -0.05) is 30.3 Å². The van der Waals surface area contributed by atoms with E-state index in [9.17, 15) is 18.4 Å². The summed E-state index contributed by atoms with van der Waals surface area (Å²) in [6.07, 6.45) is -1.15. The van der Waals surface area contributed by atoms with Crippen LogP contribution < -0.4 is 0 Å². The van der Waals surface area contributed by atoms with Crippen LogP contribution in [0.3, 0.4) is 0 Å². The number of nitriles is 1. The molecule has 0 spiro atoms. The van der Waals surface area contributed by atoms with Gasteiger partial charge in [0.05, 0.1) is 28.2 Å². The highest BCUT2D eigenvalue weighted by Gasteiger charge is 2.31. The van der Waals surface area contributed by atoms with E-state index in [4.69, 9.17) is 0 Å². The van der Waals surface area contributed by atoms with E-state index in [0.717, 1.165) is 39.5 Å². The van der Waals surface area contributed by atoms with E-state index in [1.165, 1.54) is 6.07 Å². The molecule has 31 heavy (non-hydrogen) atoms. The molecule has 0 aliphatic heterocycles. The summed E-state index contributed by atoms with van der Waals surface area (Å²) in [6.45, 7) is 0. The fraction of sp³-hybridized carbons (Fsp3) is 0.0400. The number of halogens is 3. The number of rotatable bonds is 2. The Kier molecular flexibility index (Phi) is 4.26. The summed E-state index contributed by atoms with van der Waals surface area (Å²) in [5.41, 5.74) is 3.15. The molecule has 0 aliphatic carbocycles. The van der Waals surface area contributed by atoms with Crippen molar-refractivity contribution >= 4 is 21.8 Å². The number of hydrogen-bond donors (Lipinski definition) is 0. The predicted octanol–water partition coefficient (Wildman–Crippen LogP) is 6.74. The van der Waals surface area contributed by atoms with E-state index in [1.54, 1.807) is 23.0 Å². The summed E-state index contributed by atoms with van der Waals surface area (Å²) in [5, 5.41) is 11.3. The second-order valence-electron chi connectivity index (χ2n) is 7.16. The van der Waals surface area contributed by atoms with E-state index >= 15 is 0 Å². The molecule has 0 atom stereocenters. The van der Waals surface area contributed by atoms with Crippen molar-refractivity contribution in [3.05, 3.63) is 96.3 Å². The first kappa shape index (κ1) is 18.9. The fourth-order valence-corrected chi connectivity index (χ4v) is 3.97. The van der Waals surface area contributed by atoms with E-state index < -0.39 is 11.7 Å². The molecule has 5 aromatic rings. The zero-order chi connectivity index (χ0) is 21.6. The molecule has 3 nitrogen and oxygen atoms in total. The summed E-state index contributed by atoms with van der Waals surface area (Å²) in [4.78, 5) is 4.00. The highest BCUT2D eigenvalue weighted by molar-refractivity contribution is 6.09. The first-order valence-electron chi connectivity index (χ1n) is 9.53. The van der Waals surface area contributed by atoms with Crippen LogP contribution in [0.4, 0.5) is 13.2 Å². The number of benzene rings is 3. The molecule has 2 aromatic heterocycles. The van der Waals surface area contributed by atoms with Crippen LogP contribution in [-0.4, -0.2) is 9.55 Å². The monoisotopic (exact) mass is 413 g/mol. The molecule has 2 heterocycles. The third kappa shape index (κ3) is 3.11. The summed E-state index contributed by atoms with van der Waals surface area (Å²) in [7, 11) is 0. The van der Waals surface area contributed by atoms with Gasteiger partial charge in [-0.2, -0.15) is 18.4 Å². The minimum Gasteiger partial charge on any atom is -0.309 e. The molecule has 0 bridgehead atoms. The lowest BCUT2D eigenvalue weighted by molar-refractivity contribution is -0.137. The molecule has 0 saturated carbocycles. The number of alkyl halides is 3. The Labute approximate surface area is 175 Å². The normalized spacial score (nSPS) is 11.7. The lowest BCUT2D eigenvalue weighted by Crippen LogP contribution is -2.05. The van der Waals surface area contributed by atoms with Gasteiger partial charge in [-0.15, -0.1) is 0 Å². The molecule has 0 aliphatic rings. The van der Waals surface area contributed by atoms with Crippen molar-refractivity contribution in [3.8, 4) is 22.9 Å². The zero-order valence-electron chi connectivity index (χ0n) is 16.1. The van der Waals surface area contributed by atoms with Gasteiger partial charge in [0.25, 0.3) is 0 Å². The summed E-state index contributed by atoms with van der Waals surface area (Å²) in [6, 6.07) is 22.4. The molecule has 6 heteroatoms. The third-order valence-electron chi connectivity index (χ3n) is 5.37. The van der Waals surface area contributed by atoms with Gasteiger partial charge in [0.15, 0.2) is 0 Å². The van der Waals surface area contributed by atoms with Crippen molar-refractivity contribution in [2.24, 2.45) is 0 Å². The molecule has 0 radical (unpaired) electrons. The van der Waals surface area contributed by atoms with Crippen LogP contribution in [0.5, 0.6) is 0 Å². The second kappa shape index (κ2) is 6.99. The van der Waals surface area contributed by atoms with E-state index in [1.807, 2.05) is 48.5 Å². The van der Waals surface area contributed by atoms with Gasteiger partial charge in [-0.05, 0) is 53.6 Å². The molecular formula is C25H14F3N3. The number of aromatic nitrogens is 2. The number of para-hydroxylation sites is 1. The molecule has 0 fully saturated rings. The molecule has 0 unspecified atom stereocenters. The molecular weight excluding hydrogens is 399 g/mol. The van der Waals surface area contributed by atoms with Crippen LogP contribution in [0, 0.1) is 11.3 Å². The zero-order valence-corrected chi connectivity index (χ0v) is 16.1. The Morgan fingerprint density at radius 1 is 0.806 bits per heavy atom. The Hall–Kier alpha value is -4.11. The molecule has 0 saturated heterocycles. The smallest absolute Gasteiger partial charge is 0.309 e. The van der Waals surface area contributed by atoms with E-state index in [0.29, 0.717) is 16.8 Å². The summed E-state index contributed by atoms with van der Waals surface area (Å²) >= 11 is 0. The number of nitrogens with zero attached hydrogens (tertiary/aromatic N) is 3. The highest BCUT2D eigenvalue weighted by Crippen LogP contribution is 2.37. The van der Waals surface area contributed by atoms with Gasteiger partial charge in [-0.3, -0.25) is 4.98 Å². The van der Waals surface area contributed by atoms with Gasteiger partial charge in [0, 0.05) is 28.9 Å². The number of fused-ring (bicyclic) bond motifs is 3. The first-order valence-corrected chi connectivity index (χ1v) is 9.53. The van der Waals surface area contributed by atoms with Crippen LogP contribution in [0.2, 0.25) is 0 Å². The predicted molar refractivity (Wildman–Crippen MR) is 114 cm³/mol. The van der Waals surface area contributed by atoms with Gasteiger partial charge >= 0.3 is 6.18 Å². The van der Waals surface area contributed by atoms with Gasteiger partial charge in [0.1, 0.15) is 0 Å². The summed E-state index contributed by atoms with van der Waals surface area (Å²) < 4.78 is 42.0. The van der Waals surface area contributed by atoms with Gasteiger partial charge in [-0.25, -0.2) is 0 Å². The average Bonchev–Trinajstić information content (AvgIpc) is 3.12. The lowest BCUT2D eigenvalue weighted by atomic mass is 10.0. The van der Waals surface area contributed by atoms with Crippen LogP contribution in [0.15, 0.2) is 85.2 Å². The third-order valence-corrected chi connectivity index (χ3v) is 5.37. The van der Waals surface area contributed by atoms with E-state index in [-0.39, 0.29) is 0 Å². The largest absolute Gasteiger partial charge is 0.416 e. The molecule has 150 valence electrons. The maximum absolute atomic E-state index is 13.4. The molecule has 3 aromatic carbocycles. The maximum atomic E-state index is 13.4. The molecule has 0 amide bonds. The number of hydrogen-bond acceptors (Lipinski definition) is 2. The Bertz CT molecular complexity index is 1480. The topological polar surface area (TPSA) is 41.6 Å². The molecule has 5 rings (SSSR count). The van der Waals surface area contributed by atoms with Crippen molar-refractivity contribution in [1.82, 2.24) is 9.55 Å². The highest BCUT2D eigenvalue weighted by atomic mass is 19.4. The van der Waals surface area contributed by atoms with E-state index in [2.05, 4.69) is 11.1 Å². The summed E-state index contributed by atoms with van der Waals surface area (Å²) in [5.74, 6) is 0. The quantitative estimate of drug-likeness (QED) is 0.322. The van der Waals surface area contributed by atoms with Crippen LogP contribution in [0.25, 0.3) is 38.6 Å². The fourth-order valence-electron chi connectivity index (χ4n) is 3.97. The minimum atomic E-state index is -4.45. The Balaban J connectivity index is 1.81. The maximum Gasteiger partial charge on any atom is 0.416 e. The van der Waals surface area contributed by atoms with Crippen molar-refractivity contribution in [2.45, 2.75) is 6.18 Å². The van der Waals surface area contributed by atoms with Crippen molar-refractivity contribution in [3.63, 3.8) is 0 Å². The number of pyridine rings is 1. The van der Waals surface area contributed by atoms with Gasteiger partial charge in [0.2, 0.25) is 0 Å². The second-order valence-corrected chi connectivity index (χ2v) is 7.16. The Morgan fingerprint density at radius 3 is 2.29 bits per heavy atom. The van der Waals surface area contributed by atoms with Crippen molar-refractivity contribution in [1.29, 1.82) is 5.26 Å². The van der Waals surface area contributed by atoms with Crippen LogP contribution in [0.1, 0.15) is 11.1 Å². The van der Waals surface area contributed by atoms with Crippen LogP contribution >= 0.6 is 0 Å². The minimum absolute atomic E-state index is 0.432. The first-order chi connectivity index (χ1) is 15.0. The Morgan fingerprint density at radius 2 is 1.55 bits per heavy atom. The van der Waals surface area contributed by atoms with Crippen molar-refractivity contribution in [2.75, 3.05) is 0 Å². The van der Waals surface area contributed by atoms with Gasteiger partial charge < -0.3 is 4.57 Å². The van der Waals surface area contributed by atoms with Crippen molar-refractivity contribution < 1.29 is 13.2 Å².